The zero-order chi connectivity index (χ0) is 19.3. The van der Waals surface area contributed by atoms with Gasteiger partial charge >= 0.3 is 0 Å². The van der Waals surface area contributed by atoms with Gasteiger partial charge in [0.1, 0.15) is 5.76 Å². The van der Waals surface area contributed by atoms with E-state index in [-0.39, 0.29) is 12.3 Å². The summed E-state index contributed by atoms with van der Waals surface area (Å²) >= 11 is 0. The van der Waals surface area contributed by atoms with Crippen molar-refractivity contribution in [2.75, 3.05) is 23.3 Å². The number of anilines is 2. The number of aromatic nitrogens is 1. The lowest BCUT2D eigenvalue weighted by atomic mass is 10.1. The molecule has 1 saturated heterocycles. The van der Waals surface area contributed by atoms with Crippen molar-refractivity contribution in [2.45, 2.75) is 32.6 Å². The van der Waals surface area contributed by atoms with Crippen molar-refractivity contribution < 1.29 is 9.21 Å². The molecule has 1 N–H and O–H groups in total. The molecule has 1 aromatic heterocycles. The molecule has 2 heterocycles. The van der Waals surface area contributed by atoms with Gasteiger partial charge < -0.3 is 14.6 Å². The Morgan fingerprint density at radius 3 is 2.46 bits per heavy atom. The molecule has 1 fully saturated rings. The van der Waals surface area contributed by atoms with Gasteiger partial charge in [-0.05, 0) is 62.6 Å². The molecule has 0 saturated carbocycles. The molecule has 5 nitrogen and oxygen atoms in total. The van der Waals surface area contributed by atoms with E-state index in [9.17, 15) is 4.79 Å². The van der Waals surface area contributed by atoms with Crippen LogP contribution in [0.3, 0.4) is 0 Å². The van der Waals surface area contributed by atoms with E-state index < -0.39 is 0 Å². The number of nitrogens with zero attached hydrogens (tertiary/aromatic N) is 2. The molecule has 1 amide bonds. The van der Waals surface area contributed by atoms with Crippen molar-refractivity contribution in [1.82, 2.24) is 4.98 Å². The molecule has 5 heteroatoms. The molecule has 1 aliphatic rings. The summed E-state index contributed by atoms with van der Waals surface area (Å²) in [5.74, 6) is 1.13. The molecule has 1 aliphatic heterocycles. The minimum absolute atomic E-state index is 0.0956. The first-order valence-electron chi connectivity index (χ1n) is 9.85. The number of carbonyl (C=O) groups is 1. The number of benzene rings is 2. The third-order valence-corrected chi connectivity index (χ3v) is 5.11. The molecule has 0 bridgehead atoms. The number of oxazole rings is 1. The van der Waals surface area contributed by atoms with Gasteiger partial charge in [-0.25, -0.2) is 4.98 Å². The Labute approximate surface area is 165 Å². The van der Waals surface area contributed by atoms with Crippen LogP contribution in [-0.4, -0.2) is 24.0 Å². The monoisotopic (exact) mass is 375 g/mol. The van der Waals surface area contributed by atoms with Crippen molar-refractivity contribution in [3.63, 3.8) is 0 Å². The van der Waals surface area contributed by atoms with Crippen LogP contribution in [0.15, 0.2) is 59.0 Å². The highest BCUT2D eigenvalue weighted by Crippen LogP contribution is 2.23. The third-order valence-electron chi connectivity index (χ3n) is 5.11. The van der Waals surface area contributed by atoms with Crippen LogP contribution in [0.5, 0.6) is 0 Å². The Balaban J connectivity index is 1.38. The van der Waals surface area contributed by atoms with Gasteiger partial charge in [-0.2, -0.15) is 0 Å². The zero-order valence-electron chi connectivity index (χ0n) is 16.1. The summed E-state index contributed by atoms with van der Waals surface area (Å²) in [7, 11) is 0. The van der Waals surface area contributed by atoms with Crippen LogP contribution in [0.25, 0.3) is 11.5 Å². The van der Waals surface area contributed by atoms with Crippen LogP contribution < -0.4 is 10.2 Å². The molecule has 2 aromatic carbocycles. The highest BCUT2D eigenvalue weighted by Gasteiger charge is 2.15. The van der Waals surface area contributed by atoms with E-state index in [0.717, 1.165) is 24.3 Å². The van der Waals surface area contributed by atoms with Crippen LogP contribution in [0, 0.1) is 6.92 Å². The maximum Gasteiger partial charge on any atom is 0.230 e. The molecule has 0 aliphatic carbocycles. The SMILES string of the molecule is Cc1oc(-c2ccccc2)nc1CC(=O)Nc1ccc(N2CCCCC2)cc1. The van der Waals surface area contributed by atoms with Crippen molar-refractivity contribution in [3.8, 4) is 11.5 Å². The van der Waals surface area contributed by atoms with Crippen molar-refractivity contribution in [2.24, 2.45) is 0 Å². The van der Waals surface area contributed by atoms with Gasteiger partial charge in [0, 0.05) is 30.0 Å². The molecule has 0 spiro atoms. The van der Waals surface area contributed by atoms with Gasteiger partial charge in [-0.15, -0.1) is 0 Å². The largest absolute Gasteiger partial charge is 0.441 e. The van der Waals surface area contributed by atoms with E-state index >= 15 is 0 Å². The number of hydrogen-bond acceptors (Lipinski definition) is 4. The Hall–Kier alpha value is -3.08. The molecule has 0 atom stereocenters. The van der Waals surface area contributed by atoms with Crippen molar-refractivity contribution >= 4 is 17.3 Å². The highest BCUT2D eigenvalue weighted by molar-refractivity contribution is 5.92. The standard InChI is InChI=1S/C23H25N3O2/c1-17-21(25-23(28-17)18-8-4-2-5-9-18)16-22(27)24-19-10-12-20(13-11-19)26-14-6-3-7-15-26/h2,4-5,8-13H,3,6-7,14-16H2,1H3,(H,24,27). The lowest BCUT2D eigenvalue weighted by Crippen LogP contribution is -2.29. The Morgan fingerprint density at radius 2 is 1.75 bits per heavy atom. The number of carbonyl (C=O) groups excluding carboxylic acids is 1. The van der Waals surface area contributed by atoms with Crippen LogP contribution in [0.4, 0.5) is 11.4 Å². The van der Waals surface area contributed by atoms with Crippen LogP contribution in [-0.2, 0) is 11.2 Å². The second kappa shape index (κ2) is 8.30. The fourth-order valence-corrected chi connectivity index (χ4v) is 3.56. The van der Waals surface area contributed by atoms with Crippen LogP contribution in [0.2, 0.25) is 0 Å². The predicted octanol–water partition coefficient (Wildman–Crippen LogP) is 4.82. The summed E-state index contributed by atoms with van der Waals surface area (Å²) in [6.45, 7) is 4.07. The molecule has 4 rings (SSSR count). The second-order valence-corrected chi connectivity index (χ2v) is 7.21. The van der Waals surface area contributed by atoms with E-state index in [4.69, 9.17) is 4.42 Å². The summed E-state index contributed by atoms with van der Waals surface area (Å²) in [6.07, 6.45) is 4.01. The normalized spacial score (nSPS) is 14.1. The third kappa shape index (κ3) is 4.25. The maximum absolute atomic E-state index is 12.5. The molecule has 144 valence electrons. The van der Waals surface area contributed by atoms with Gasteiger partial charge in [0.05, 0.1) is 12.1 Å². The predicted molar refractivity (Wildman–Crippen MR) is 112 cm³/mol. The van der Waals surface area contributed by atoms with Gasteiger partial charge in [0.2, 0.25) is 11.8 Å². The van der Waals surface area contributed by atoms with Gasteiger partial charge in [0.15, 0.2) is 0 Å². The number of nitrogens with one attached hydrogen (secondary N) is 1. The summed E-state index contributed by atoms with van der Waals surface area (Å²) in [5.41, 5.74) is 3.60. The fraction of sp³-hybridized carbons (Fsp3) is 0.304. The molecular formula is C23H25N3O2. The van der Waals surface area contributed by atoms with Gasteiger partial charge in [0.25, 0.3) is 0 Å². The molecule has 28 heavy (non-hydrogen) atoms. The number of rotatable bonds is 5. The lowest BCUT2D eigenvalue weighted by Gasteiger charge is -2.28. The van der Waals surface area contributed by atoms with E-state index in [2.05, 4.69) is 27.3 Å². The summed E-state index contributed by atoms with van der Waals surface area (Å²) < 4.78 is 5.74. The first-order chi connectivity index (χ1) is 13.7. The second-order valence-electron chi connectivity index (χ2n) is 7.21. The van der Waals surface area contributed by atoms with Crippen molar-refractivity contribution in [1.29, 1.82) is 0 Å². The number of aryl methyl sites for hydroxylation is 1. The first kappa shape index (κ1) is 18.3. The van der Waals surface area contributed by atoms with Gasteiger partial charge in [-0.1, -0.05) is 18.2 Å². The molecule has 0 radical (unpaired) electrons. The fourth-order valence-electron chi connectivity index (χ4n) is 3.56. The highest BCUT2D eigenvalue weighted by atomic mass is 16.4. The van der Waals surface area contributed by atoms with E-state index in [1.54, 1.807) is 0 Å². The minimum Gasteiger partial charge on any atom is -0.441 e. The zero-order valence-corrected chi connectivity index (χ0v) is 16.1. The topological polar surface area (TPSA) is 58.4 Å². The number of amides is 1. The average molecular weight is 375 g/mol. The smallest absolute Gasteiger partial charge is 0.230 e. The van der Waals surface area contributed by atoms with Crippen molar-refractivity contribution in [3.05, 3.63) is 66.1 Å². The summed E-state index contributed by atoms with van der Waals surface area (Å²) in [4.78, 5) is 19.4. The van der Waals surface area contributed by atoms with E-state index in [1.165, 1.54) is 24.9 Å². The number of hydrogen-bond donors (Lipinski definition) is 1. The maximum atomic E-state index is 12.5. The van der Waals surface area contributed by atoms with E-state index in [1.807, 2.05) is 49.4 Å². The molecule has 3 aromatic rings. The summed E-state index contributed by atoms with van der Waals surface area (Å²) in [5, 5.41) is 2.96. The molecule has 0 unspecified atom stereocenters. The Bertz CT molecular complexity index is 926. The van der Waals surface area contributed by atoms with Gasteiger partial charge in [-0.3, -0.25) is 4.79 Å². The first-order valence-corrected chi connectivity index (χ1v) is 9.85. The Kier molecular flexibility index (Phi) is 5.42. The van der Waals surface area contributed by atoms with E-state index in [0.29, 0.717) is 17.3 Å². The minimum atomic E-state index is -0.0956. The van der Waals surface area contributed by atoms with Crippen LogP contribution >= 0.6 is 0 Å². The quantitative estimate of drug-likeness (QED) is 0.694. The summed E-state index contributed by atoms with van der Waals surface area (Å²) in [6, 6.07) is 17.8. The lowest BCUT2D eigenvalue weighted by molar-refractivity contribution is -0.115. The number of piperidine rings is 1. The van der Waals surface area contributed by atoms with Crippen LogP contribution in [0.1, 0.15) is 30.7 Å². The average Bonchev–Trinajstić information content (AvgIpc) is 3.10. The Morgan fingerprint density at radius 1 is 1.04 bits per heavy atom. The molecular weight excluding hydrogens is 350 g/mol.